The first kappa shape index (κ1) is 11.5. The molecule has 15 heavy (non-hydrogen) atoms. The highest BCUT2D eigenvalue weighted by molar-refractivity contribution is 5.53. The summed E-state index contributed by atoms with van der Waals surface area (Å²) in [6, 6.07) is 5.80. The fourth-order valence-electron chi connectivity index (χ4n) is 1.50. The molecule has 0 spiro atoms. The maximum atomic E-state index is 8.97. The summed E-state index contributed by atoms with van der Waals surface area (Å²) in [5.41, 5.74) is 0.662. The van der Waals surface area contributed by atoms with Gasteiger partial charge in [0.1, 0.15) is 11.9 Å². The van der Waals surface area contributed by atoms with Gasteiger partial charge in [0.25, 0.3) is 0 Å². The minimum absolute atomic E-state index is 0.662. The molecule has 3 heteroatoms. The van der Waals surface area contributed by atoms with Gasteiger partial charge < -0.3 is 4.90 Å². The number of nitriles is 1. The van der Waals surface area contributed by atoms with Crippen LogP contribution in [-0.4, -0.2) is 18.1 Å². The van der Waals surface area contributed by atoms with Crippen LogP contribution in [0.15, 0.2) is 18.3 Å². The second-order valence-corrected chi connectivity index (χ2v) is 3.42. The summed E-state index contributed by atoms with van der Waals surface area (Å²) in [5.74, 6) is 0.816. The van der Waals surface area contributed by atoms with Crippen LogP contribution in [0.25, 0.3) is 0 Å². The monoisotopic (exact) mass is 203 g/mol. The summed E-state index contributed by atoms with van der Waals surface area (Å²) in [6.45, 7) is 6.12. The molecule has 3 nitrogen and oxygen atoms in total. The largest absolute Gasteiger partial charge is 0.356 e. The van der Waals surface area contributed by atoms with Gasteiger partial charge in [-0.15, -0.1) is 0 Å². The Morgan fingerprint density at radius 2 is 2.27 bits per heavy atom. The zero-order valence-electron chi connectivity index (χ0n) is 9.40. The third-order valence-electron chi connectivity index (χ3n) is 2.37. The normalized spacial score (nSPS) is 9.67. The fourth-order valence-corrected chi connectivity index (χ4v) is 1.50. The Morgan fingerprint density at radius 1 is 1.47 bits per heavy atom. The number of nitrogens with zero attached hydrogens (tertiary/aromatic N) is 3. The average molecular weight is 203 g/mol. The van der Waals surface area contributed by atoms with E-state index in [0.717, 1.165) is 31.7 Å². The van der Waals surface area contributed by atoms with Crippen LogP contribution in [0.4, 0.5) is 5.82 Å². The van der Waals surface area contributed by atoms with Crippen molar-refractivity contribution in [1.29, 1.82) is 5.26 Å². The Bertz CT molecular complexity index is 341. The van der Waals surface area contributed by atoms with Crippen molar-refractivity contribution in [3.63, 3.8) is 0 Å². The van der Waals surface area contributed by atoms with E-state index in [1.54, 1.807) is 12.3 Å². The molecule has 0 radical (unpaired) electrons. The van der Waals surface area contributed by atoms with Gasteiger partial charge >= 0.3 is 0 Å². The molecule has 0 atom stereocenters. The van der Waals surface area contributed by atoms with Crippen LogP contribution in [0.5, 0.6) is 0 Å². The predicted octanol–water partition coefficient (Wildman–Crippen LogP) is 2.58. The molecule has 1 aromatic rings. The molecule has 0 aliphatic rings. The molecular weight excluding hydrogens is 186 g/mol. The maximum Gasteiger partial charge on any atom is 0.146 e. The van der Waals surface area contributed by atoms with E-state index in [4.69, 9.17) is 5.26 Å². The number of hydrogen-bond donors (Lipinski definition) is 0. The number of pyridine rings is 1. The van der Waals surface area contributed by atoms with Crippen molar-refractivity contribution in [3.8, 4) is 6.07 Å². The van der Waals surface area contributed by atoms with E-state index in [-0.39, 0.29) is 0 Å². The zero-order chi connectivity index (χ0) is 11.1. The topological polar surface area (TPSA) is 39.9 Å². The van der Waals surface area contributed by atoms with Crippen molar-refractivity contribution in [2.24, 2.45) is 0 Å². The summed E-state index contributed by atoms with van der Waals surface area (Å²) in [5, 5.41) is 8.97. The smallest absolute Gasteiger partial charge is 0.146 e. The van der Waals surface area contributed by atoms with Crippen LogP contribution in [0, 0.1) is 11.3 Å². The van der Waals surface area contributed by atoms with E-state index in [0.29, 0.717) is 5.56 Å². The van der Waals surface area contributed by atoms with Gasteiger partial charge in [0.2, 0.25) is 0 Å². The van der Waals surface area contributed by atoms with Crippen molar-refractivity contribution in [1.82, 2.24) is 4.98 Å². The van der Waals surface area contributed by atoms with E-state index in [1.807, 2.05) is 6.07 Å². The molecule has 0 aliphatic heterocycles. The summed E-state index contributed by atoms with van der Waals surface area (Å²) in [6.07, 6.45) is 4.03. The molecule has 0 saturated carbocycles. The molecule has 0 fully saturated rings. The molecule has 1 rings (SSSR count). The summed E-state index contributed by atoms with van der Waals surface area (Å²) in [4.78, 5) is 6.43. The summed E-state index contributed by atoms with van der Waals surface area (Å²) in [7, 11) is 0. The lowest BCUT2D eigenvalue weighted by Crippen LogP contribution is -2.25. The Balaban J connectivity index is 2.86. The SMILES string of the molecule is CCCCN(CC)c1ncccc1C#N. The lowest BCUT2D eigenvalue weighted by atomic mass is 10.2. The van der Waals surface area contributed by atoms with Gasteiger partial charge in [0.15, 0.2) is 0 Å². The van der Waals surface area contributed by atoms with Crippen LogP contribution < -0.4 is 4.90 Å². The van der Waals surface area contributed by atoms with Gasteiger partial charge in [-0.25, -0.2) is 4.98 Å². The molecule has 1 aromatic heterocycles. The van der Waals surface area contributed by atoms with Gasteiger partial charge in [0.05, 0.1) is 5.56 Å². The van der Waals surface area contributed by atoms with E-state index >= 15 is 0 Å². The first-order valence-corrected chi connectivity index (χ1v) is 5.43. The van der Waals surface area contributed by atoms with Crippen molar-refractivity contribution >= 4 is 5.82 Å². The first-order chi connectivity index (χ1) is 7.33. The minimum atomic E-state index is 0.662. The van der Waals surface area contributed by atoms with Gasteiger partial charge in [-0.1, -0.05) is 13.3 Å². The first-order valence-electron chi connectivity index (χ1n) is 5.43. The fraction of sp³-hybridized carbons (Fsp3) is 0.500. The number of anilines is 1. The lowest BCUT2D eigenvalue weighted by molar-refractivity contribution is 0.723. The Morgan fingerprint density at radius 3 is 2.87 bits per heavy atom. The Hall–Kier alpha value is -1.56. The van der Waals surface area contributed by atoms with Crippen LogP contribution in [0.2, 0.25) is 0 Å². The maximum absolute atomic E-state index is 8.97. The standard InChI is InChI=1S/C12H17N3/c1-3-5-9-15(4-2)12-11(10-13)7-6-8-14-12/h6-8H,3-5,9H2,1-2H3. The van der Waals surface area contributed by atoms with Gasteiger partial charge in [-0.05, 0) is 25.5 Å². The lowest BCUT2D eigenvalue weighted by Gasteiger charge is -2.22. The van der Waals surface area contributed by atoms with Crippen LogP contribution in [0.3, 0.4) is 0 Å². The van der Waals surface area contributed by atoms with Crippen molar-refractivity contribution in [2.75, 3.05) is 18.0 Å². The Kier molecular flexibility index (Phi) is 4.62. The highest BCUT2D eigenvalue weighted by Gasteiger charge is 2.09. The molecular formula is C12H17N3. The molecule has 0 aromatic carbocycles. The van der Waals surface area contributed by atoms with E-state index in [1.165, 1.54) is 0 Å². The molecule has 0 amide bonds. The molecule has 0 aliphatic carbocycles. The second-order valence-electron chi connectivity index (χ2n) is 3.42. The third-order valence-corrected chi connectivity index (χ3v) is 2.37. The molecule has 0 bridgehead atoms. The van der Waals surface area contributed by atoms with E-state index in [9.17, 15) is 0 Å². The van der Waals surface area contributed by atoms with Gasteiger partial charge in [-0.3, -0.25) is 0 Å². The number of rotatable bonds is 5. The van der Waals surface area contributed by atoms with Gasteiger partial charge in [-0.2, -0.15) is 5.26 Å². The molecule has 80 valence electrons. The summed E-state index contributed by atoms with van der Waals surface area (Å²) >= 11 is 0. The van der Waals surface area contributed by atoms with Crippen LogP contribution >= 0.6 is 0 Å². The Labute approximate surface area is 91.4 Å². The van der Waals surface area contributed by atoms with Crippen molar-refractivity contribution in [2.45, 2.75) is 26.7 Å². The average Bonchev–Trinajstić information content (AvgIpc) is 2.30. The van der Waals surface area contributed by atoms with Crippen molar-refractivity contribution in [3.05, 3.63) is 23.9 Å². The molecule has 1 heterocycles. The summed E-state index contributed by atoms with van der Waals surface area (Å²) < 4.78 is 0. The highest BCUT2D eigenvalue weighted by atomic mass is 15.2. The van der Waals surface area contributed by atoms with Crippen molar-refractivity contribution < 1.29 is 0 Å². The highest BCUT2D eigenvalue weighted by Crippen LogP contribution is 2.16. The van der Waals surface area contributed by atoms with Crippen LogP contribution in [0.1, 0.15) is 32.3 Å². The number of unbranched alkanes of at least 4 members (excludes halogenated alkanes) is 1. The van der Waals surface area contributed by atoms with E-state index in [2.05, 4.69) is 29.8 Å². The van der Waals surface area contributed by atoms with E-state index < -0.39 is 0 Å². The zero-order valence-corrected chi connectivity index (χ0v) is 9.40. The number of hydrogen-bond acceptors (Lipinski definition) is 3. The quantitative estimate of drug-likeness (QED) is 0.738. The third kappa shape index (κ3) is 2.95. The van der Waals surface area contributed by atoms with Crippen LogP contribution in [-0.2, 0) is 0 Å². The number of aromatic nitrogens is 1. The molecule has 0 N–H and O–H groups in total. The predicted molar refractivity (Wildman–Crippen MR) is 61.7 cm³/mol. The molecule has 0 unspecified atom stereocenters. The second kappa shape index (κ2) is 6.02. The molecule has 0 saturated heterocycles. The minimum Gasteiger partial charge on any atom is -0.356 e. The van der Waals surface area contributed by atoms with Gasteiger partial charge in [0, 0.05) is 19.3 Å².